The maximum Gasteiger partial charge on any atom is 0.298 e. The van der Waals surface area contributed by atoms with Crippen LogP contribution in [-0.2, 0) is 40.5 Å². The quantitative estimate of drug-likeness (QED) is 0.139. The molecule has 2 unspecified atom stereocenters. The first kappa shape index (κ1) is 29.5. The van der Waals surface area contributed by atoms with Crippen LogP contribution in [0.5, 0.6) is 11.5 Å². The molecule has 0 amide bonds. The Morgan fingerprint density at radius 2 is 0.816 bits per heavy atom. The van der Waals surface area contributed by atoms with Gasteiger partial charge in [0.05, 0.1) is 11.1 Å². The van der Waals surface area contributed by atoms with Crippen molar-refractivity contribution in [1.29, 1.82) is 0 Å². The molecule has 0 radical (unpaired) electrons. The van der Waals surface area contributed by atoms with Crippen molar-refractivity contribution >= 4 is 52.0 Å². The predicted molar refractivity (Wildman–Crippen MR) is 120 cm³/mol. The van der Waals surface area contributed by atoms with E-state index in [1.54, 1.807) is 0 Å². The van der Waals surface area contributed by atoms with Crippen molar-refractivity contribution in [1.82, 2.24) is 0 Å². The van der Waals surface area contributed by atoms with Crippen LogP contribution in [0.1, 0.15) is 53.7 Å². The first-order valence-electron chi connectivity index (χ1n) is 9.20. The predicted octanol–water partition coefficient (Wildman–Crippen LogP) is -1.94. The molecule has 0 fully saturated rings. The van der Waals surface area contributed by atoms with Crippen molar-refractivity contribution in [2.24, 2.45) is 11.5 Å². The highest BCUT2D eigenvalue weighted by molar-refractivity contribution is 7.86. The molecule has 2 aromatic carbocycles. The second-order valence-corrected chi connectivity index (χ2v) is 13.5. The third kappa shape index (κ3) is 4.66. The highest BCUT2D eigenvalue weighted by atomic mass is 32.2. The number of hydrogen-bond acceptors (Lipinski definition) is 14. The summed E-state index contributed by atoms with van der Waals surface area (Å²) in [5.41, 5.74) is 2.59. The fourth-order valence-electron chi connectivity index (χ4n) is 3.68. The van der Waals surface area contributed by atoms with E-state index in [0.717, 1.165) is 0 Å². The van der Waals surface area contributed by atoms with Crippen molar-refractivity contribution in [2.75, 3.05) is 0 Å². The molecule has 0 saturated carbocycles. The molecule has 1 aliphatic carbocycles. The van der Waals surface area contributed by atoms with Gasteiger partial charge in [-0.15, -0.1) is 0 Å². The summed E-state index contributed by atoms with van der Waals surface area (Å²) in [6.45, 7) is 0. The molecule has 3 rings (SSSR count). The number of carbonyl (C=O) groups excluding carboxylic acids is 2. The maximum absolute atomic E-state index is 13.4. The fourth-order valence-corrected chi connectivity index (χ4v) is 5.94. The molecule has 0 spiro atoms. The zero-order chi connectivity index (χ0) is 29.5. The minimum atomic E-state index is -5.54. The van der Waals surface area contributed by atoms with Gasteiger partial charge in [0, 0.05) is 22.3 Å². The average molecular weight is 619 g/mol. The van der Waals surface area contributed by atoms with Gasteiger partial charge in [0.2, 0.25) is 0 Å². The van der Waals surface area contributed by atoms with Crippen LogP contribution in [-0.4, -0.2) is 73.7 Å². The minimum absolute atomic E-state index is 0.0760. The molecular formula is C16H14N2O16S4. The van der Waals surface area contributed by atoms with E-state index in [2.05, 4.69) is 0 Å². The van der Waals surface area contributed by atoms with Gasteiger partial charge in [-0.05, 0) is 12.1 Å². The second-order valence-electron chi connectivity index (χ2n) is 7.60. The normalized spacial score (nSPS) is 16.1. The van der Waals surface area contributed by atoms with E-state index < -0.39 is 117 Å². The molecule has 0 aliphatic heterocycles. The zero-order valence-electron chi connectivity index (χ0n) is 17.9. The van der Waals surface area contributed by atoms with Crippen molar-refractivity contribution in [2.45, 2.75) is 20.5 Å². The van der Waals surface area contributed by atoms with Crippen molar-refractivity contribution in [3.8, 4) is 11.5 Å². The summed E-state index contributed by atoms with van der Waals surface area (Å²) in [6.07, 6.45) is 0. The molecule has 208 valence electrons. The summed E-state index contributed by atoms with van der Waals surface area (Å²) < 4.78 is 132. The van der Waals surface area contributed by atoms with Gasteiger partial charge in [0.15, 0.2) is 22.3 Å². The highest BCUT2D eigenvalue weighted by Gasteiger charge is 2.45. The lowest BCUT2D eigenvalue weighted by Gasteiger charge is -2.27. The van der Waals surface area contributed by atoms with Crippen LogP contribution in [0, 0.1) is 0 Å². The van der Waals surface area contributed by atoms with E-state index in [-0.39, 0.29) is 12.1 Å². The molecule has 1 aliphatic rings. The zero-order valence-corrected chi connectivity index (χ0v) is 21.1. The van der Waals surface area contributed by atoms with Crippen molar-refractivity contribution < 1.29 is 71.7 Å². The largest absolute Gasteiger partial charge is 0.506 e. The minimum Gasteiger partial charge on any atom is -0.506 e. The summed E-state index contributed by atoms with van der Waals surface area (Å²) in [5.74, 6) is -7.09. The smallest absolute Gasteiger partial charge is 0.298 e. The lowest BCUT2D eigenvalue weighted by molar-refractivity contribution is 0.0971. The van der Waals surface area contributed by atoms with Gasteiger partial charge in [0.1, 0.15) is 21.3 Å². The van der Waals surface area contributed by atoms with Crippen LogP contribution in [0.3, 0.4) is 0 Å². The molecule has 0 saturated heterocycles. The Morgan fingerprint density at radius 1 is 0.553 bits per heavy atom. The van der Waals surface area contributed by atoms with E-state index in [9.17, 15) is 71.7 Å². The van der Waals surface area contributed by atoms with Gasteiger partial charge in [-0.25, -0.2) is 0 Å². The van der Waals surface area contributed by atoms with Crippen LogP contribution in [0.4, 0.5) is 0 Å². The maximum atomic E-state index is 13.4. The Labute approximate surface area is 212 Å². The second kappa shape index (κ2) is 8.73. The lowest BCUT2D eigenvalue weighted by Crippen LogP contribution is -2.32. The molecule has 0 bridgehead atoms. The van der Waals surface area contributed by atoms with Gasteiger partial charge >= 0.3 is 0 Å². The first-order valence-corrected chi connectivity index (χ1v) is 15.1. The molecule has 22 heteroatoms. The van der Waals surface area contributed by atoms with Gasteiger partial charge in [-0.1, -0.05) is 0 Å². The summed E-state index contributed by atoms with van der Waals surface area (Å²) in [5, 5.41) is 15.4. The van der Waals surface area contributed by atoms with Crippen LogP contribution in [0.15, 0.2) is 21.9 Å². The Bertz CT molecular complexity index is 1750. The SMILES string of the molecule is NC(c1cc(S(=O)(=O)O)c(O)c2c1C(=O)c1c(O)c(S(=O)(=O)O)cc(C(N)S(=O)(=O)O)c1C2=O)S(=O)(=O)O. The number of nitrogens with two attached hydrogens (primary N) is 2. The molecule has 2 aromatic rings. The number of benzene rings is 2. The van der Waals surface area contributed by atoms with Crippen molar-refractivity contribution in [3.05, 3.63) is 45.5 Å². The van der Waals surface area contributed by atoms with Crippen LogP contribution < -0.4 is 11.5 Å². The standard InChI is InChI=1S/C16H14N2O16S4/c17-15(37(29,30)31)3-1-5(35(23,24)25)11(19)9-7(3)13(21)10-8(14(9)22)4(16(18)38(32,33)34)2-6(12(10)20)36(26,27)28/h1-2,15-16,19-20H,17-18H2,(H,23,24,25)(H,26,27,28)(H,29,30,31)(H,32,33,34). The summed E-state index contributed by atoms with van der Waals surface area (Å²) in [4.78, 5) is 23.7. The molecular weight excluding hydrogens is 604 g/mol. The topological polar surface area (TPSA) is 344 Å². The first-order chi connectivity index (χ1) is 16.9. The number of aromatic hydroxyl groups is 2. The van der Waals surface area contributed by atoms with E-state index >= 15 is 0 Å². The molecule has 10 N–H and O–H groups in total. The third-order valence-corrected chi connectivity index (χ3v) is 8.84. The molecule has 38 heavy (non-hydrogen) atoms. The summed E-state index contributed by atoms with van der Waals surface area (Å²) in [6, 6.07) is 0.152. The van der Waals surface area contributed by atoms with E-state index in [1.807, 2.05) is 0 Å². The van der Waals surface area contributed by atoms with E-state index in [1.165, 1.54) is 0 Å². The monoisotopic (exact) mass is 618 g/mol. The molecule has 18 nitrogen and oxygen atoms in total. The number of phenolic OH excluding ortho intramolecular Hbond substituents is 2. The Kier molecular flexibility index (Phi) is 6.78. The highest BCUT2D eigenvalue weighted by Crippen LogP contribution is 2.46. The number of fused-ring (bicyclic) bond motifs is 2. The number of phenols is 2. The number of rotatable bonds is 6. The van der Waals surface area contributed by atoms with E-state index in [0.29, 0.717) is 0 Å². The van der Waals surface area contributed by atoms with Gasteiger partial charge in [0.25, 0.3) is 40.5 Å². The summed E-state index contributed by atoms with van der Waals surface area (Å²) in [7, 11) is -22.0. The van der Waals surface area contributed by atoms with Crippen LogP contribution in [0.25, 0.3) is 0 Å². The van der Waals surface area contributed by atoms with Gasteiger partial charge in [-0.2, -0.15) is 33.7 Å². The van der Waals surface area contributed by atoms with Crippen LogP contribution in [0.2, 0.25) is 0 Å². The molecule has 2 atom stereocenters. The van der Waals surface area contributed by atoms with Gasteiger partial charge < -0.3 is 21.7 Å². The number of hydrogen-bond donors (Lipinski definition) is 8. The lowest BCUT2D eigenvalue weighted by atomic mass is 9.78. The average Bonchev–Trinajstić information content (AvgIpc) is 2.72. The Morgan fingerprint density at radius 3 is 1.03 bits per heavy atom. The number of ketones is 2. The molecule has 0 heterocycles. The van der Waals surface area contributed by atoms with Crippen LogP contribution >= 0.6 is 0 Å². The number of carbonyl (C=O) groups is 2. The fraction of sp³-hybridized carbons (Fsp3) is 0.125. The Balaban J connectivity index is 2.68. The third-order valence-electron chi connectivity index (χ3n) is 5.31. The van der Waals surface area contributed by atoms with Crippen molar-refractivity contribution in [3.63, 3.8) is 0 Å². The summed E-state index contributed by atoms with van der Waals surface area (Å²) >= 11 is 0. The Hall–Kier alpha value is -3.06. The van der Waals surface area contributed by atoms with E-state index in [4.69, 9.17) is 11.5 Å². The molecule has 0 aromatic heterocycles. The van der Waals surface area contributed by atoms with Gasteiger partial charge in [-0.3, -0.25) is 27.8 Å².